The van der Waals surface area contributed by atoms with E-state index in [1.807, 2.05) is 18.2 Å². The van der Waals surface area contributed by atoms with Crippen LogP contribution in [-0.2, 0) is 6.42 Å². The zero-order valence-electron chi connectivity index (χ0n) is 10.6. The summed E-state index contributed by atoms with van der Waals surface area (Å²) in [5.74, 6) is -0.0436. The van der Waals surface area contributed by atoms with Gasteiger partial charge in [-0.2, -0.15) is 0 Å². The molecule has 2 N–H and O–H groups in total. The number of halogens is 2. The summed E-state index contributed by atoms with van der Waals surface area (Å²) in [6.45, 7) is 0.673. The molecule has 1 aliphatic rings. The van der Waals surface area contributed by atoms with Gasteiger partial charge < -0.3 is 10.6 Å². The van der Waals surface area contributed by atoms with E-state index in [2.05, 4.69) is 15.9 Å². The summed E-state index contributed by atoms with van der Waals surface area (Å²) < 4.78 is 0.701. The fourth-order valence-electron chi connectivity index (χ4n) is 2.42. The molecule has 0 atom stereocenters. The summed E-state index contributed by atoms with van der Waals surface area (Å²) in [4.78, 5) is 14.4. The largest absolute Gasteiger partial charge is 0.399 e. The fraction of sp³-hybridized carbons (Fsp3) is 0.133. The lowest BCUT2D eigenvalue weighted by Gasteiger charge is -2.18. The van der Waals surface area contributed by atoms with Gasteiger partial charge in [-0.25, -0.2) is 0 Å². The Bertz CT molecular complexity index is 702. The van der Waals surface area contributed by atoms with Gasteiger partial charge in [-0.15, -0.1) is 0 Å². The zero-order chi connectivity index (χ0) is 14.3. The van der Waals surface area contributed by atoms with Crippen molar-refractivity contribution in [3.63, 3.8) is 0 Å². The van der Waals surface area contributed by atoms with Crippen LogP contribution in [0.4, 0.5) is 11.4 Å². The van der Waals surface area contributed by atoms with Crippen LogP contribution in [0.2, 0.25) is 5.02 Å². The lowest BCUT2D eigenvalue weighted by atomic mass is 10.1. The monoisotopic (exact) mass is 350 g/mol. The highest BCUT2D eigenvalue weighted by Crippen LogP contribution is 2.32. The third-order valence-corrected chi connectivity index (χ3v) is 4.30. The Morgan fingerprint density at radius 3 is 2.80 bits per heavy atom. The Hall–Kier alpha value is -1.52. The Balaban J connectivity index is 1.99. The van der Waals surface area contributed by atoms with Crippen LogP contribution < -0.4 is 10.6 Å². The van der Waals surface area contributed by atoms with Crippen molar-refractivity contribution in [2.45, 2.75) is 6.42 Å². The van der Waals surface area contributed by atoms with Gasteiger partial charge in [0.05, 0.1) is 5.56 Å². The molecule has 0 bridgehead atoms. The first-order valence-corrected chi connectivity index (χ1v) is 7.38. The van der Waals surface area contributed by atoms with E-state index in [9.17, 15) is 4.79 Å². The molecule has 2 aromatic carbocycles. The smallest absolute Gasteiger partial charge is 0.259 e. The topological polar surface area (TPSA) is 46.3 Å². The summed E-state index contributed by atoms with van der Waals surface area (Å²) in [6, 6.07) is 10.9. The van der Waals surface area contributed by atoms with Crippen molar-refractivity contribution < 1.29 is 4.79 Å². The SMILES string of the molecule is Nc1ccc2c(c1)N(C(=O)c1ccc(Cl)cc1Br)CC2. The summed E-state index contributed by atoms with van der Waals surface area (Å²) in [6.07, 6.45) is 0.854. The third kappa shape index (κ3) is 2.30. The molecule has 0 saturated heterocycles. The number of hydrogen-bond acceptors (Lipinski definition) is 2. The van der Waals surface area contributed by atoms with Gasteiger partial charge in [0.15, 0.2) is 0 Å². The number of fused-ring (bicyclic) bond motifs is 1. The maximum absolute atomic E-state index is 12.7. The predicted molar refractivity (Wildman–Crippen MR) is 85.4 cm³/mol. The van der Waals surface area contributed by atoms with E-state index in [1.165, 1.54) is 0 Å². The van der Waals surface area contributed by atoms with E-state index in [0.29, 0.717) is 27.3 Å². The lowest BCUT2D eigenvalue weighted by Crippen LogP contribution is -2.29. The lowest BCUT2D eigenvalue weighted by molar-refractivity contribution is 0.0988. The molecule has 0 radical (unpaired) electrons. The molecule has 20 heavy (non-hydrogen) atoms. The molecule has 1 heterocycles. The first-order chi connectivity index (χ1) is 9.56. The van der Waals surface area contributed by atoms with E-state index < -0.39 is 0 Å². The van der Waals surface area contributed by atoms with Crippen LogP contribution in [0.15, 0.2) is 40.9 Å². The maximum Gasteiger partial charge on any atom is 0.259 e. The second kappa shape index (κ2) is 5.11. The Kier molecular flexibility index (Phi) is 3.44. The minimum absolute atomic E-state index is 0.0436. The summed E-state index contributed by atoms with van der Waals surface area (Å²) in [7, 11) is 0. The van der Waals surface area contributed by atoms with Gasteiger partial charge in [0.2, 0.25) is 0 Å². The van der Waals surface area contributed by atoms with Gasteiger partial charge in [0.25, 0.3) is 5.91 Å². The fourth-order valence-corrected chi connectivity index (χ4v) is 3.27. The summed E-state index contributed by atoms with van der Waals surface area (Å²) in [5.41, 5.74) is 9.13. The first kappa shape index (κ1) is 13.5. The second-order valence-corrected chi connectivity index (χ2v) is 6.01. The highest BCUT2D eigenvalue weighted by molar-refractivity contribution is 9.10. The molecular formula is C15H12BrClN2O. The van der Waals surface area contributed by atoms with Crippen molar-refractivity contribution in [2.75, 3.05) is 17.2 Å². The van der Waals surface area contributed by atoms with E-state index in [-0.39, 0.29) is 5.91 Å². The number of nitrogens with zero attached hydrogens (tertiary/aromatic N) is 1. The van der Waals surface area contributed by atoms with Crippen molar-refractivity contribution in [1.82, 2.24) is 0 Å². The molecule has 0 aromatic heterocycles. The molecule has 102 valence electrons. The molecule has 2 aromatic rings. The molecule has 5 heteroatoms. The number of rotatable bonds is 1. The number of nitrogens with two attached hydrogens (primary N) is 1. The Morgan fingerprint density at radius 1 is 1.25 bits per heavy atom. The van der Waals surface area contributed by atoms with Gasteiger partial charge in [-0.1, -0.05) is 17.7 Å². The highest BCUT2D eigenvalue weighted by atomic mass is 79.9. The molecule has 0 saturated carbocycles. The van der Waals surface area contributed by atoms with Crippen LogP contribution in [0.3, 0.4) is 0 Å². The van der Waals surface area contributed by atoms with E-state index in [1.54, 1.807) is 23.1 Å². The molecule has 0 spiro atoms. The minimum atomic E-state index is -0.0436. The molecule has 0 unspecified atom stereocenters. The quantitative estimate of drug-likeness (QED) is 0.792. The average Bonchev–Trinajstić information content (AvgIpc) is 2.81. The number of carbonyl (C=O) groups excluding carboxylic acids is 1. The van der Waals surface area contributed by atoms with Crippen molar-refractivity contribution in [3.05, 3.63) is 57.0 Å². The predicted octanol–water partition coefficient (Wildman–Crippen LogP) is 3.89. The summed E-state index contributed by atoms with van der Waals surface area (Å²) >= 11 is 9.30. The van der Waals surface area contributed by atoms with Crippen LogP contribution in [-0.4, -0.2) is 12.5 Å². The van der Waals surface area contributed by atoms with E-state index >= 15 is 0 Å². The number of nitrogen functional groups attached to an aromatic ring is 1. The maximum atomic E-state index is 12.7. The van der Waals surface area contributed by atoms with Crippen LogP contribution in [0.1, 0.15) is 15.9 Å². The second-order valence-electron chi connectivity index (χ2n) is 4.72. The van der Waals surface area contributed by atoms with Gasteiger partial charge in [-0.3, -0.25) is 4.79 Å². The molecule has 3 nitrogen and oxygen atoms in total. The molecule has 0 aliphatic carbocycles. The van der Waals surface area contributed by atoms with Gasteiger partial charge in [0.1, 0.15) is 0 Å². The molecule has 0 fully saturated rings. The van der Waals surface area contributed by atoms with Crippen molar-refractivity contribution in [2.24, 2.45) is 0 Å². The normalized spacial score (nSPS) is 13.4. The zero-order valence-corrected chi connectivity index (χ0v) is 12.9. The number of benzene rings is 2. The van der Waals surface area contributed by atoms with E-state index in [4.69, 9.17) is 17.3 Å². The molecule has 3 rings (SSSR count). The van der Waals surface area contributed by atoms with Crippen LogP contribution >= 0.6 is 27.5 Å². The van der Waals surface area contributed by atoms with Crippen LogP contribution in [0.5, 0.6) is 0 Å². The number of hydrogen-bond donors (Lipinski definition) is 1. The van der Waals surface area contributed by atoms with Crippen LogP contribution in [0.25, 0.3) is 0 Å². The molecular weight excluding hydrogens is 340 g/mol. The van der Waals surface area contributed by atoms with Crippen molar-refractivity contribution in [1.29, 1.82) is 0 Å². The Morgan fingerprint density at radius 2 is 2.05 bits per heavy atom. The standard InChI is InChI=1S/C15H12BrClN2O/c16-13-7-10(17)2-4-12(13)15(20)19-6-5-9-1-3-11(18)8-14(9)19/h1-4,7-8H,5-6,18H2. The van der Waals surface area contributed by atoms with Crippen molar-refractivity contribution >= 4 is 44.8 Å². The molecule has 1 amide bonds. The summed E-state index contributed by atoms with van der Waals surface area (Å²) in [5, 5.41) is 0.597. The number of amides is 1. The number of carbonyl (C=O) groups is 1. The third-order valence-electron chi connectivity index (χ3n) is 3.41. The Labute approximate surface area is 130 Å². The van der Waals surface area contributed by atoms with Crippen LogP contribution in [0, 0.1) is 0 Å². The van der Waals surface area contributed by atoms with E-state index in [0.717, 1.165) is 17.7 Å². The first-order valence-electron chi connectivity index (χ1n) is 6.21. The number of anilines is 2. The van der Waals surface area contributed by atoms with Gasteiger partial charge in [0, 0.05) is 27.4 Å². The average molecular weight is 352 g/mol. The minimum Gasteiger partial charge on any atom is -0.399 e. The highest BCUT2D eigenvalue weighted by Gasteiger charge is 2.26. The van der Waals surface area contributed by atoms with Gasteiger partial charge in [-0.05, 0) is 58.2 Å². The molecule has 1 aliphatic heterocycles. The van der Waals surface area contributed by atoms with Gasteiger partial charge >= 0.3 is 0 Å². The van der Waals surface area contributed by atoms with Crippen molar-refractivity contribution in [3.8, 4) is 0 Å².